The molecule has 0 unspecified atom stereocenters. The van der Waals surface area contributed by atoms with Crippen molar-refractivity contribution >= 4 is 5.91 Å². The van der Waals surface area contributed by atoms with E-state index in [1.54, 1.807) is 0 Å². The van der Waals surface area contributed by atoms with Crippen molar-refractivity contribution in [2.75, 3.05) is 6.61 Å². The lowest BCUT2D eigenvalue weighted by Gasteiger charge is -2.11. The van der Waals surface area contributed by atoms with Gasteiger partial charge < -0.3 is 10.5 Å². The Morgan fingerprint density at radius 1 is 1.19 bits per heavy atom. The molecule has 21 heavy (non-hydrogen) atoms. The highest BCUT2D eigenvalue weighted by Crippen LogP contribution is 2.33. The van der Waals surface area contributed by atoms with Crippen molar-refractivity contribution in [3.05, 3.63) is 53.6 Å². The molecule has 0 saturated carbocycles. The predicted octanol–water partition coefficient (Wildman–Crippen LogP) is 2.74. The number of hydrogen-bond donors (Lipinski definition) is 1. The monoisotopic (exact) mass is 287 g/mol. The first-order chi connectivity index (χ1) is 10.0. The summed E-state index contributed by atoms with van der Waals surface area (Å²) in [5.41, 5.74) is 5.62. The Morgan fingerprint density at radius 3 is 2.52 bits per heavy atom. The molecular formula is C16H11F2NO2. The van der Waals surface area contributed by atoms with E-state index in [2.05, 4.69) is 5.92 Å². The highest BCUT2D eigenvalue weighted by molar-refractivity contribution is 5.93. The van der Waals surface area contributed by atoms with Gasteiger partial charge in [-0.15, -0.1) is 6.42 Å². The predicted molar refractivity (Wildman–Crippen MR) is 74.6 cm³/mol. The van der Waals surface area contributed by atoms with Gasteiger partial charge in [0.1, 0.15) is 24.0 Å². The van der Waals surface area contributed by atoms with Crippen LogP contribution in [0, 0.1) is 24.0 Å². The SMILES string of the molecule is C#CCOc1cc(F)ccc1-c1ccc(C(N)=O)cc1F. The minimum absolute atomic E-state index is 0.0458. The van der Waals surface area contributed by atoms with Gasteiger partial charge in [-0.2, -0.15) is 0 Å². The number of primary amides is 1. The Balaban J connectivity index is 2.51. The number of hydrogen-bond acceptors (Lipinski definition) is 2. The van der Waals surface area contributed by atoms with Gasteiger partial charge in [-0.05, 0) is 24.3 Å². The number of benzene rings is 2. The van der Waals surface area contributed by atoms with E-state index in [9.17, 15) is 13.6 Å². The molecule has 0 aliphatic rings. The van der Waals surface area contributed by atoms with Crippen LogP contribution < -0.4 is 10.5 Å². The summed E-state index contributed by atoms with van der Waals surface area (Å²) >= 11 is 0. The highest BCUT2D eigenvalue weighted by atomic mass is 19.1. The van der Waals surface area contributed by atoms with Gasteiger partial charge in [0, 0.05) is 22.8 Å². The van der Waals surface area contributed by atoms with Crippen LogP contribution in [0.1, 0.15) is 10.4 Å². The van der Waals surface area contributed by atoms with Crippen molar-refractivity contribution in [1.82, 2.24) is 0 Å². The fourth-order valence-electron chi connectivity index (χ4n) is 1.84. The number of carbonyl (C=O) groups is 1. The zero-order valence-electron chi connectivity index (χ0n) is 10.9. The lowest BCUT2D eigenvalue weighted by atomic mass is 10.0. The molecule has 0 aromatic heterocycles. The molecule has 106 valence electrons. The maximum Gasteiger partial charge on any atom is 0.248 e. The molecular weight excluding hydrogens is 276 g/mol. The molecule has 2 N–H and O–H groups in total. The molecule has 0 atom stereocenters. The lowest BCUT2D eigenvalue weighted by Crippen LogP contribution is -2.11. The summed E-state index contributed by atoms with van der Waals surface area (Å²) in [5.74, 6) is 0.453. The van der Waals surface area contributed by atoms with Crippen molar-refractivity contribution in [2.45, 2.75) is 0 Å². The Bertz CT molecular complexity index is 736. The second-order valence-corrected chi connectivity index (χ2v) is 4.19. The van der Waals surface area contributed by atoms with Crippen LogP contribution in [0.2, 0.25) is 0 Å². The zero-order valence-corrected chi connectivity index (χ0v) is 10.9. The maximum absolute atomic E-state index is 14.1. The largest absolute Gasteiger partial charge is 0.480 e. The van der Waals surface area contributed by atoms with Crippen LogP contribution in [0.4, 0.5) is 8.78 Å². The van der Waals surface area contributed by atoms with Gasteiger partial charge in [-0.3, -0.25) is 4.79 Å². The molecule has 0 heterocycles. The van der Waals surface area contributed by atoms with E-state index in [4.69, 9.17) is 16.9 Å². The molecule has 0 spiro atoms. The third-order valence-electron chi connectivity index (χ3n) is 2.80. The van der Waals surface area contributed by atoms with Gasteiger partial charge >= 0.3 is 0 Å². The van der Waals surface area contributed by atoms with Crippen molar-refractivity contribution in [3.8, 4) is 29.2 Å². The van der Waals surface area contributed by atoms with Gasteiger partial charge in [0.15, 0.2) is 0 Å². The van der Waals surface area contributed by atoms with Gasteiger partial charge in [0.05, 0.1) is 0 Å². The third-order valence-corrected chi connectivity index (χ3v) is 2.80. The normalized spacial score (nSPS) is 9.95. The van der Waals surface area contributed by atoms with E-state index >= 15 is 0 Å². The van der Waals surface area contributed by atoms with Crippen LogP contribution in [-0.4, -0.2) is 12.5 Å². The summed E-state index contributed by atoms with van der Waals surface area (Å²) in [5, 5.41) is 0. The van der Waals surface area contributed by atoms with E-state index in [1.165, 1.54) is 24.3 Å². The standard InChI is InChI=1S/C16H11F2NO2/c1-2-7-21-15-9-11(17)4-6-13(15)12-5-3-10(16(19)20)8-14(12)18/h1,3-6,8-9H,7H2,(H2,19,20). The van der Waals surface area contributed by atoms with Crippen LogP contribution in [-0.2, 0) is 0 Å². The van der Waals surface area contributed by atoms with E-state index in [0.717, 1.165) is 12.1 Å². The van der Waals surface area contributed by atoms with Crippen molar-refractivity contribution in [1.29, 1.82) is 0 Å². The molecule has 0 saturated heterocycles. The quantitative estimate of drug-likeness (QED) is 0.879. The molecule has 5 heteroatoms. The average molecular weight is 287 g/mol. The molecule has 0 aliphatic carbocycles. The van der Waals surface area contributed by atoms with Crippen LogP contribution in [0.25, 0.3) is 11.1 Å². The minimum atomic E-state index is -0.733. The number of ether oxygens (including phenoxy) is 1. The Morgan fingerprint density at radius 2 is 1.90 bits per heavy atom. The first-order valence-electron chi connectivity index (χ1n) is 5.98. The molecule has 1 amide bonds. The molecule has 2 aromatic rings. The summed E-state index contributed by atoms with van der Waals surface area (Å²) in [6, 6.07) is 7.46. The van der Waals surface area contributed by atoms with Gasteiger partial charge in [0.2, 0.25) is 5.91 Å². The van der Waals surface area contributed by atoms with Crippen LogP contribution in [0.15, 0.2) is 36.4 Å². The minimum Gasteiger partial charge on any atom is -0.480 e. The maximum atomic E-state index is 14.1. The molecule has 0 aliphatic heterocycles. The number of terminal acetylenes is 1. The van der Waals surface area contributed by atoms with E-state index < -0.39 is 17.5 Å². The smallest absolute Gasteiger partial charge is 0.248 e. The Labute approximate surface area is 120 Å². The third kappa shape index (κ3) is 3.18. The van der Waals surface area contributed by atoms with Crippen LogP contribution in [0.3, 0.4) is 0 Å². The molecule has 0 fully saturated rings. The van der Waals surface area contributed by atoms with Gasteiger partial charge in [-0.1, -0.05) is 12.0 Å². The summed E-state index contributed by atoms with van der Waals surface area (Å²) < 4.78 is 32.6. The average Bonchev–Trinajstić information content (AvgIpc) is 2.45. The number of nitrogens with two attached hydrogens (primary N) is 1. The van der Waals surface area contributed by atoms with Crippen LogP contribution in [0.5, 0.6) is 5.75 Å². The number of halogens is 2. The van der Waals surface area contributed by atoms with Crippen molar-refractivity contribution in [3.63, 3.8) is 0 Å². The molecule has 0 bridgehead atoms. The summed E-state index contributed by atoms with van der Waals surface area (Å²) in [7, 11) is 0. The fourth-order valence-corrected chi connectivity index (χ4v) is 1.84. The van der Waals surface area contributed by atoms with Crippen molar-refractivity contribution in [2.24, 2.45) is 5.73 Å². The summed E-state index contributed by atoms with van der Waals surface area (Å²) in [4.78, 5) is 11.0. The van der Waals surface area contributed by atoms with E-state index in [-0.39, 0.29) is 23.5 Å². The second-order valence-electron chi connectivity index (χ2n) is 4.19. The molecule has 3 nitrogen and oxygen atoms in total. The first kappa shape index (κ1) is 14.5. The van der Waals surface area contributed by atoms with Crippen LogP contribution >= 0.6 is 0 Å². The van der Waals surface area contributed by atoms with Gasteiger partial charge in [0.25, 0.3) is 0 Å². The number of amides is 1. The first-order valence-corrected chi connectivity index (χ1v) is 5.98. The fraction of sp³-hybridized carbons (Fsp3) is 0.0625. The zero-order chi connectivity index (χ0) is 15.4. The topological polar surface area (TPSA) is 52.3 Å². The molecule has 2 aromatic carbocycles. The van der Waals surface area contributed by atoms with Crippen molar-refractivity contribution < 1.29 is 18.3 Å². The Kier molecular flexibility index (Phi) is 4.19. The van der Waals surface area contributed by atoms with Gasteiger partial charge in [-0.25, -0.2) is 8.78 Å². The molecule has 0 radical (unpaired) electrons. The van der Waals surface area contributed by atoms with E-state index in [0.29, 0.717) is 5.56 Å². The second kappa shape index (κ2) is 6.06. The number of rotatable bonds is 4. The molecule has 2 rings (SSSR count). The summed E-state index contributed by atoms with van der Waals surface area (Å²) in [6.07, 6.45) is 5.09. The highest BCUT2D eigenvalue weighted by Gasteiger charge is 2.14. The summed E-state index contributed by atoms with van der Waals surface area (Å²) in [6.45, 7) is -0.0720. The Hall–Kier alpha value is -2.87. The number of carbonyl (C=O) groups excluding carboxylic acids is 1. The lowest BCUT2D eigenvalue weighted by molar-refractivity contribution is 0.1000. The van der Waals surface area contributed by atoms with E-state index in [1.807, 2.05) is 0 Å².